The van der Waals surface area contributed by atoms with Crippen LogP contribution in [0.2, 0.25) is 0 Å². The molecule has 0 aliphatic carbocycles. The van der Waals surface area contributed by atoms with Crippen LogP contribution < -0.4 is 5.32 Å². The van der Waals surface area contributed by atoms with E-state index < -0.39 is 0 Å². The molecule has 0 amide bonds. The van der Waals surface area contributed by atoms with Gasteiger partial charge in [-0.3, -0.25) is 4.90 Å². The van der Waals surface area contributed by atoms with Crippen molar-refractivity contribution in [3.63, 3.8) is 0 Å². The SMILES string of the molecule is CC1CNC(Cc2ccccc2)CN1Cc1ccoc1. The van der Waals surface area contributed by atoms with Crippen LogP contribution in [0, 0.1) is 0 Å². The van der Waals surface area contributed by atoms with Gasteiger partial charge in [0.15, 0.2) is 0 Å². The Morgan fingerprint density at radius 2 is 2.05 bits per heavy atom. The molecule has 1 aliphatic rings. The summed E-state index contributed by atoms with van der Waals surface area (Å²) < 4.78 is 5.17. The number of hydrogen-bond acceptors (Lipinski definition) is 3. The molecule has 1 aliphatic heterocycles. The first-order valence-electron chi connectivity index (χ1n) is 7.33. The zero-order valence-electron chi connectivity index (χ0n) is 12.0. The van der Waals surface area contributed by atoms with Crippen molar-refractivity contribution in [3.8, 4) is 0 Å². The summed E-state index contributed by atoms with van der Waals surface area (Å²) >= 11 is 0. The number of benzene rings is 1. The molecule has 20 heavy (non-hydrogen) atoms. The van der Waals surface area contributed by atoms with Crippen molar-refractivity contribution in [1.82, 2.24) is 10.2 Å². The van der Waals surface area contributed by atoms with E-state index in [9.17, 15) is 0 Å². The molecule has 1 aromatic heterocycles. The minimum atomic E-state index is 0.528. The molecule has 2 unspecified atom stereocenters. The van der Waals surface area contributed by atoms with Crippen molar-refractivity contribution in [2.45, 2.75) is 32.0 Å². The first kappa shape index (κ1) is 13.4. The van der Waals surface area contributed by atoms with E-state index in [4.69, 9.17) is 4.42 Å². The molecular formula is C17H22N2O. The minimum Gasteiger partial charge on any atom is -0.472 e. The molecule has 2 aromatic rings. The van der Waals surface area contributed by atoms with E-state index in [0.29, 0.717) is 12.1 Å². The standard InChI is InChI=1S/C17H22N2O/c1-14-10-18-17(9-15-5-3-2-4-6-15)12-19(14)11-16-7-8-20-13-16/h2-8,13-14,17-18H,9-12H2,1H3. The second-order valence-electron chi connectivity index (χ2n) is 5.70. The second kappa shape index (κ2) is 6.25. The van der Waals surface area contributed by atoms with E-state index in [-0.39, 0.29) is 0 Å². The molecule has 0 radical (unpaired) electrons. The number of furan rings is 1. The summed E-state index contributed by atoms with van der Waals surface area (Å²) in [4.78, 5) is 2.54. The maximum Gasteiger partial charge on any atom is 0.0947 e. The molecule has 106 valence electrons. The zero-order valence-corrected chi connectivity index (χ0v) is 12.0. The van der Waals surface area contributed by atoms with Crippen molar-refractivity contribution in [2.75, 3.05) is 13.1 Å². The Hall–Kier alpha value is -1.58. The quantitative estimate of drug-likeness (QED) is 0.926. The lowest BCUT2D eigenvalue weighted by Gasteiger charge is -2.38. The highest BCUT2D eigenvalue weighted by molar-refractivity contribution is 5.16. The molecule has 2 atom stereocenters. The highest BCUT2D eigenvalue weighted by Gasteiger charge is 2.25. The molecule has 1 N–H and O–H groups in total. The van der Waals surface area contributed by atoms with Crippen LogP contribution in [0.4, 0.5) is 0 Å². The summed E-state index contributed by atoms with van der Waals surface area (Å²) in [5.41, 5.74) is 2.67. The normalized spacial score (nSPS) is 23.9. The fourth-order valence-electron chi connectivity index (χ4n) is 2.87. The Kier molecular flexibility index (Phi) is 4.19. The third-order valence-corrected chi connectivity index (χ3v) is 4.07. The van der Waals surface area contributed by atoms with Crippen molar-refractivity contribution in [1.29, 1.82) is 0 Å². The van der Waals surface area contributed by atoms with Crippen molar-refractivity contribution in [3.05, 3.63) is 60.1 Å². The van der Waals surface area contributed by atoms with Crippen LogP contribution in [-0.4, -0.2) is 30.1 Å². The number of rotatable bonds is 4. The second-order valence-corrected chi connectivity index (χ2v) is 5.70. The molecule has 1 saturated heterocycles. The smallest absolute Gasteiger partial charge is 0.0947 e. The lowest BCUT2D eigenvalue weighted by atomic mass is 10.0. The molecule has 2 heterocycles. The summed E-state index contributed by atoms with van der Waals surface area (Å²) in [6.45, 7) is 5.40. The summed E-state index contributed by atoms with van der Waals surface area (Å²) in [7, 11) is 0. The third-order valence-electron chi connectivity index (χ3n) is 4.07. The Bertz CT molecular complexity index is 509. The first-order chi connectivity index (χ1) is 9.81. The molecule has 0 spiro atoms. The Morgan fingerprint density at radius 1 is 1.20 bits per heavy atom. The van der Waals surface area contributed by atoms with Gasteiger partial charge in [0.05, 0.1) is 12.5 Å². The predicted molar refractivity (Wildman–Crippen MR) is 80.5 cm³/mol. The molecule has 3 heteroatoms. The number of piperazine rings is 1. The van der Waals surface area contributed by atoms with E-state index >= 15 is 0 Å². The van der Waals surface area contributed by atoms with Gasteiger partial charge in [-0.25, -0.2) is 0 Å². The third kappa shape index (κ3) is 3.30. The van der Waals surface area contributed by atoms with Crippen LogP contribution in [-0.2, 0) is 13.0 Å². The lowest BCUT2D eigenvalue weighted by Crippen LogP contribution is -2.55. The summed E-state index contributed by atoms with van der Waals surface area (Å²) in [6.07, 6.45) is 4.69. The predicted octanol–water partition coefficient (Wildman–Crippen LogP) is 2.68. The van der Waals surface area contributed by atoms with Crippen molar-refractivity contribution >= 4 is 0 Å². The van der Waals surface area contributed by atoms with Crippen LogP contribution in [0.1, 0.15) is 18.1 Å². The molecule has 1 fully saturated rings. The Morgan fingerprint density at radius 3 is 2.80 bits per heavy atom. The number of nitrogens with zero attached hydrogens (tertiary/aromatic N) is 1. The van der Waals surface area contributed by atoms with E-state index in [1.165, 1.54) is 11.1 Å². The van der Waals surface area contributed by atoms with Gasteiger partial charge in [-0.2, -0.15) is 0 Å². The van der Waals surface area contributed by atoms with Crippen molar-refractivity contribution < 1.29 is 4.42 Å². The fraction of sp³-hybridized carbons (Fsp3) is 0.412. The number of nitrogens with one attached hydrogen (secondary N) is 1. The van der Waals surface area contributed by atoms with Gasteiger partial charge in [0.25, 0.3) is 0 Å². The average molecular weight is 270 g/mol. The van der Waals surface area contributed by atoms with Gasteiger partial charge in [0.1, 0.15) is 0 Å². The Balaban J connectivity index is 1.61. The monoisotopic (exact) mass is 270 g/mol. The topological polar surface area (TPSA) is 28.4 Å². The van der Waals surface area contributed by atoms with Crippen LogP contribution in [0.15, 0.2) is 53.3 Å². The molecule has 0 bridgehead atoms. The average Bonchev–Trinajstić information content (AvgIpc) is 2.97. The van der Waals surface area contributed by atoms with E-state index in [0.717, 1.165) is 26.1 Å². The summed E-state index contributed by atoms with van der Waals surface area (Å²) in [5.74, 6) is 0. The first-order valence-corrected chi connectivity index (χ1v) is 7.33. The molecule has 1 aromatic carbocycles. The van der Waals surface area contributed by atoms with Gasteiger partial charge in [-0.1, -0.05) is 30.3 Å². The highest BCUT2D eigenvalue weighted by Crippen LogP contribution is 2.15. The molecule has 0 saturated carbocycles. The van der Waals surface area contributed by atoms with Gasteiger partial charge in [0, 0.05) is 37.3 Å². The molecule has 3 rings (SSSR count). The Labute approximate surface area is 120 Å². The lowest BCUT2D eigenvalue weighted by molar-refractivity contribution is 0.132. The number of hydrogen-bond donors (Lipinski definition) is 1. The maximum atomic E-state index is 5.17. The summed E-state index contributed by atoms with van der Waals surface area (Å²) in [6, 6.07) is 13.9. The molecule has 3 nitrogen and oxygen atoms in total. The largest absolute Gasteiger partial charge is 0.472 e. The highest BCUT2D eigenvalue weighted by atomic mass is 16.3. The van der Waals surface area contributed by atoms with Crippen LogP contribution in [0.5, 0.6) is 0 Å². The fourth-order valence-corrected chi connectivity index (χ4v) is 2.87. The maximum absolute atomic E-state index is 5.17. The summed E-state index contributed by atoms with van der Waals surface area (Å²) in [5, 5.41) is 3.66. The van der Waals surface area contributed by atoms with Gasteiger partial charge >= 0.3 is 0 Å². The van der Waals surface area contributed by atoms with Crippen LogP contribution in [0.25, 0.3) is 0 Å². The molecular weight excluding hydrogens is 248 g/mol. The van der Waals surface area contributed by atoms with Crippen LogP contribution >= 0.6 is 0 Å². The van der Waals surface area contributed by atoms with Crippen molar-refractivity contribution in [2.24, 2.45) is 0 Å². The van der Waals surface area contributed by atoms with Gasteiger partial charge in [0.2, 0.25) is 0 Å². The van der Waals surface area contributed by atoms with Gasteiger partial charge in [-0.05, 0) is 25.0 Å². The zero-order chi connectivity index (χ0) is 13.8. The van der Waals surface area contributed by atoms with Crippen LogP contribution in [0.3, 0.4) is 0 Å². The van der Waals surface area contributed by atoms with Gasteiger partial charge in [-0.15, -0.1) is 0 Å². The van der Waals surface area contributed by atoms with Gasteiger partial charge < -0.3 is 9.73 Å². The van der Waals surface area contributed by atoms with E-state index in [1.807, 2.05) is 6.26 Å². The van der Waals surface area contributed by atoms with E-state index in [1.54, 1.807) is 6.26 Å². The minimum absolute atomic E-state index is 0.528. The van der Waals surface area contributed by atoms with E-state index in [2.05, 4.69) is 53.5 Å².